The molecule has 4 fully saturated rings. The molecular weight excluding hydrogens is 499 g/mol. The van der Waals surface area contributed by atoms with E-state index in [-0.39, 0.29) is 11.0 Å². The zero-order valence-electron chi connectivity index (χ0n) is 22.2. The van der Waals surface area contributed by atoms with Crippen LogP contribution in [0.2, 0.25) is 5.02 Å². The Labute approximate surface area is 230 Å². The van der Waals surface area contributed by atoms with Gasteiger partial charge in [-0.2, -0.15) is 9.97 Å². The maximum atomic E-state index is 14.4. The fourth-order valence-corrected chi connectivity index (χ4v) is 9.55. The molecule has 3 unspecified atom stereocenters. The second-order valence-electron chi connectivity index (χ2n) is 13.3. The Morgan fingerprint density at radius 3 is 2.68 bits per heavy atom. The third-order valence-electron chi connectivity index (χ3n) is 11.1. The highest BCUT2D eigenvalue weighted by Gasteiger charge is 2.50. The molecular formula is C31H38ClFN4O. The molecule has 5 atom stereocenters. The number of anilines is 1. The summed E-state index contributed by atoms with van der Waals surface area (Å²) in [7, 11) is 0. The standard InChI is InChI=1S/C31H38ClFN4O/c32-26-4-1-3-25-23(26)7-10-30(25)11-8-24-27(15-30)34-29(35-28(24)36-16-20-5-6-21(13-20)17-36)38-19-31-9-2-12-37(31)18-22(33)14-31/h1,3-4,20-22H,2,5-19H2/t20?,21?,22-,30?,31+/m1/s1. The molecule has 1 saturated carbocycles. The minimum atomic E-state index is -0.753. The van der Waals surface area contributed by atoms with E-state index in [1.807, 2.05) is 6.07 Å². The van der Waals surface area contributed by atoms with Gasteiger partial charge in [-0.3, -0.25) is 4.90 Å². The van der Waals surface area contributed by atoms with Crippen LogP contribution < -0.4 is 9.64 Å². The molecule has 3 aliphatic carbocycles. The summed E-state index contributed by atoms with van der Waals surface area (Å²) in [5, 5.41) is 0.907. The van der Waals surface area contributed by atoms with Crippen molar-refractivity contribution in [2.24, 2.45) is 11.8 Å². The predicted molar refractivity (Wildman–Crippen MR) is 147 cm³/mol. The van der Waals surface area contributed by atoms with Gasteiger partial charge in [0, 0.05) is 42.1 Å². The number of alkyl halides is 1. The molecule has 0 N–H and O–H groups in total. The number of piperidine rings is 1. The Balaban J connectivity index is 1.15. The van der Waals surface area contributed by atoms with E-state index in [2.05, 4.69) is 21.9 Å². The lowest BCUT2D eigenvalue weighted by Crippen LogP contribution is -2.44. The summed E-state index contributed by atoms with van der Waals surface area (Å²) in [6, 6.07) is 6.94. The number of fused-ring (bicyclic) bond motifs is 6. The first-order chi connectivity index (χ1) is 18.5. The molecule has 8 rings (SSSR count). The number of benzene rings is 1. The van der Waals surface area contributed by atoms with E-state index in [1.54, 1.807) is 0 Å². The van der Waals surface area contributed by atoms with Crippen LogP contribution >= 0.6 is 11.6 Å². The Kier molecular flexibility index (Phi) is 5.53. The molecule has 1 aromatic heterocycles. The third-order valence-corrected chi connectivity index (χ3v) is 11.4. The Bertz CT molecular complexity index is 1260. The topological polar surface area (TPSA) is 41.5 Å². The number of rotatable bonds is 4. The number of aromatic nitrogens is 2. The maximum absolute atomic E-state index is 14.4. The van der Waals surface area contributed by atoms with Crippen molar-refractivity contribution in [3.63, 3.8) is 0 Å². The van der Waals surface area contributed by atoms with Gasteiger partial charge in [0.1, 0.15) is 18.6 Å². The fraction of sp³-hybridized carbons (Fsp3) is 0.677. The Hall–Kier alpha value is -1.92. The molecule has 4 heterocycles. The largest absolute Gasteiger partial charge is 0.461 e. The van der Waals surface area contributed by atoms with Crippen LogP contribution in [0.25, 0.3) is 0 Å². The lowest BCUT2D eigenvalue weighted by atomic mass is 9.69. The molecule has 2 bridgehead atoms. The molecule has 2 aromatic rings. The van der Waals surface area contributed by atoms with Gasteiger partial charge in [-0.05, 0) is 99.8 Å². The van der Waals surface area contributed by atoms with Gasteiger partial charge in [-0.25, -0.2) is 4.39 Å². The molecule has 3 saturated heterocycles. The Morgan fingerprint density at radius 1 is 1.03 bits per heavy atom. The summed E-state index contributed by atoms with van der Waals surface area (Å²) in [6.45, 7) is 4.21. The van der Waals surface area contributed by atoms with Gasteiger partial charge in [-0.15, -0.1) is 0 Å². The van der Waals surface area contributed by atoms with Crippen LogP contribution in [0.4, 0.5) is 10.2 Å². The fourth-order valence-electron chi connectivity index (χ4n) is 9.28. The predicted octanol–water partition coefficient (Wildman–Crippen LogP) is 5.69. The smallest absolute Gasteiger partial charge is 0.318 e. The van der Waals surface area contributed by atoms with Gasteiger partial charge in [0.2, 0.25) is 0 Å². The van der Waals surface area contributed by atoms with E-state index in [4.69, 9.17) is 26.3 Å². The van der Waals surface area contributed by atoms with Crippen molar-refractivity contribution >= 4 is 17.4 Å². The minimum absolute atomic E-state index is 0.102. The molecule has 1 spiro atoms. The van der Waals surface area contributed by atoms with Crippen molar-refractivity contribution in [3.05, 3.63) is 45.6 Å². The van der Waals surface area contributed by atoms with Crippen molar-refractivity contribution < 1.29 is 9.13 Å². The molecule has 1 aromatic carbocycles. The average Bonchev–Trinajstić information content (AvgIpc) is 3.64. The van der Waals surface area contributed by atoms with Crippen molar-refractivity contribution in [1.82, 2.24) is 14.9 Å². The van der Waals surface area contributed by atoms with Gasteiger partial charge in [0.15, 0.2) is 0 Å². The molecule has 5 nitrogen and oxygen atoms in total. The first-order valence-electron chi connectivity index (χ1n) is 14.9. The number of hydrogen-bond donors (Lipinski definition) is 0. The Morgan fingerprint density at radius 2 is 1.84 bits per heavy atom. The lowest BCUT2D eigenvalue weighted by molar-refractivity contribution is 0.107. The summed E-state index contributed by atoms with van der Waals surface area (Å²) in [6.07, 6.45) is 11.2. The van der Waals surface area contributed by atoms with Crippen LogP contribution in [0.1, 0.15) is 73.8 Å². The molecule has 3 aliphatic heterocycles. The molecule has 38 heavy (non-hydrogen) atoms. The summed E-state index contributed by atoms with van der Waals surface area (Å²) in [5.74, 6) is 2.69. The highest BCUT2D eigenvalue weighted by molar-refractivity contribution is 6.31. The SMILES string of the molecule is F[C@H]1CN2CCC[C@@]2(COc2nc3c(c(N4CC5CCC(C5)C4)n2)CCC2(CCc4c(Cl)cccc42)C3)C1. The van der Waals surface area contributed by atoms with Crippen LogP contribution in [-0.2, 0) is 24.7 Å². The van der Waals surface area contributed by atoms with Crippen LogP contribution in [0, 0.1) is 11.8 Å². The molecule has 0 radical (unpaired) electrons. The summed E-state index contributed by atoms with van der Waals surface area (Å²) < 4.78 is 20.9. The van der Waals surface area contributed by atoms with E-state index < -0.39 is 6.17 Å². The van der Waals surface area contributed by atoms with E-state index in [1.165, 1.54) is 36.0 Å². The highest BCUT2D eigenvalue weighted by Crippen LogP contribution is 2.51. The van der Waals surface area contributed by atoms with Crippen molar-refractivity contribution in [2.45, 2.75) is 87.8 Å². The number of hydrogen-bond acceptors (Lipinski definition) is 5. The monoisotopic (exact) mass is 536 g/mol. The second kappa shape index (κ2) is 8.79. The normalized spacial score (nSPS) is 35.5. The molecule has 202 valence electrons. The summed E-state index contributed by atoms with van der Waals surface area (Å²) in [5.41, 5.74) is 5.17. The van der Waals surface area contributed by atoms with Crippen LogP contribution in [0.5, 0.6) is 6.01 Å². The minimum Gasteiger partial charge on any atom is -0.461 e. The van der Waals surface area contributed by atoms with E-state index in [0.717, 1.165) is 93.0 Å². The summed E-state index contributed by atoms with van der Waals surface area (Å²) >= 11 is 6.63. The second-order valence-corrected chi connectivity index (χ2v) is 13.7. The summed E-state index contributed by atoms with van der Waals surface area (Å²) in [4.78, 5) is 15.1. The van der Waals surface area contributed by atoms with E-state index in [0.29, 0.717) is 25.6 Å². The first-order valence-corrected chi connectivity index (χ1v) is 15.3. The van der Waals surface area contributed by atoms with E-state index in [9.17, 15) is 4.39 Å². The van der Waals surface area contributed by atoms with Crippen LogP contribution in [-0.4, -0.2) is 59.4 Å². The zero-order chi connectivity index (χ0) is 25.5. The quantitative estimate of drug-likeness (QED) is 0.502. The van der Waals surface area contributed by atoms with Crippen LogP contribution in [0.15, 0.2) is 18.2 Å². The number of ether oxygens (including phenoxy) is 1. The molecule has 7 heteroatoms. The zero-order valence-corrected chi connectivity index (χ0v) is 23.0. The van der Waals surface area contributed by atoms with Crippen molar-refractivity contribution in [3.8, 4) is 6.01 Å². The van der Waals surface area contributed by atoms with Crippen molar-refractivity contribution in [2.75, 3.05) is 37.7 Å². The van der Waals surface area contributed by atoms with E-state index >= 15 is 0 Å². The number of halogens is 2. The van der Waals surface area contributed by atoms with Gasteiger partial charge < -0.3 is 9.64 Å². The van der Waals surface area contributed by atoms with Gasteiger partial charge in [-0.1, -0.05) is 23.7 Å². The highest BCUT2D eigenvalue weighted by atomic mass is 35.5. The number of nitrogens with zero attached hydrogens (tertiary/aromatic N) is 4. The van der Waals surface area contributed by atoms with Crippen molar-refractivity contribution in [1.29, 1.82) is 0 Å². The van der Waals surface area contributed by atoms with Gasteiger partial charge >= 0.3 is 6.01 Å². The third kappa shape index (κ3) is 3.72. The van der Waals surface area contributed by atoms with Crippen LogP contribution in [0.3, 0.4) is 0 Å². The molecule has 6 aliphatic rings. The average molecular weight is 537 g/mol. The van der Waals surface area contributed by atoms with Gasteiger partial charge in [0.25, 0.3) is 0 Å². The first kappa shape index (κ1) is 23.9. The maximum Gasteiger partial charge on any atom is 0.318 e. The molecule has 0 amide bonds. The lowest BCUT2D eigenvalue weighted by Gasteiger charge is -2.39. The van der Waals surface area contributed by atoms with Gasteiger partial charge in [0.05, 0.1) is 11.2 Å².